The zero-order chi connectivity index (χ0) is 9.90. The van der Waals surface area contributed by atoms with Crippen molar-refractivity contribution in [2.75, 3.05) is 26.8 Å². The van der Waals surface area contributed by atoms with Crippen molar-refractivity contribution in [1.29, 1.82) is 0 Å². The SMILES string of the molecule is CN1CCOCC1C#CC(C)(C)C. The van der Waals surface area contributed by atoms with Gasteiger partial charge in [-0.05, 0) is 27.8 Å². The molecule has 0 aliphatic carbocycles. The lowest BCUT2D eigenvalue weighted by atomic mass is 9.97. The normalized spacial score (nSPS) is 25.1. The molecule has 1 fully saturated rings. The van der Waals surface area contributed by atoms with Gasteiger partial charge in [-0.15, -0.1) is 0 Å². The van der Waals surface area contributed by atoms with E-state index in [-0.39, 0.29) is 11.5 Å². The Balaban J connectivity index is 2.54. The minimum Gasteiger partial charge on any atom is -0.377 e. The number of morpholine rings is 1. The molecule has 2 nitrogen and oxygen atoms in total. The Hall–Kier alpha value is -0.520. The third-order valence-electron chi connectivity index (χ3n) is 2.01. The molecule has 0 bridgehead atoms. The molecule has 74 valence electrons. The summed E-state index contributed by atoms with van der Waals surface area (Å²) in [5, 5.41) is 0. The van der Waals surface area contributed by atoms with E-state index in [9.17, 15) is 0 Å². The molecule has 13 heavy (non-hydrogen) atoms. The molecule has 1 atom stereocenters. The molecule has 1 aliphatic heterocycles. The third kappa shape index (κ3) is 3.80. The lowest BCUT2D eigenvalue weighted by Gasteiger charge is -2.28. The summed E-state index contributed by atoms with van der Waals surface area (Å²) in [5.74, 6) is 6.51. The van der Waals surface area contributed by atoms with Crippen LogP contribution in [0.2, 0.25) is 0 Å². The van der Waals surface area contributed by atoms with Crippen LogP contribution >= 0.6 is 0 Å². The number of ether oxygens (including phenoxy) is 1. The van der Waals surface area contributed by atoms with Gasteiger partial charge in [-0.1, -0.05) is 11.8 Å². The van der Waals surface area contributed by atoms with Gasteiger partial charge in [0, 0.05) is 12.0 Å². The van der Waals surface area contributed by atoms with E-state index >= 15 is 0 Å². The Bertz CT molecular complexity index is 218. The quantitative estimate of drug-likeness (QED) is 0.523. The van der Waals surface area contributed by atoms with E-state index in [2.05, 4.69) is 44.6 Å². The highest BCUT2D eigenvalue weighted by molar-refractivity contribution is 5.13. The number of likely N-dealkylation sites (N-methyl/N-ethyl adjacent to an activating group) is 1. The highest BCUT2D eigenvalue weighted by Crippen LogP contribution is 2.11. The fraction of sp³-hybridized carbons (Fsp3) is 0.818. The summed E-state index contributed by atoms with van der Waals surface area (Å²) in [4.78, 5) is 2.25. The van der Waals surface area contributed by atoms with Crippen molar-refractivity contribution in [3.05, 3.63) is 0 Å². The predicted octanol–water partition coefficient (Wildman–Crippen LogP) is 1.37. The first-order valence-corrected chi connectivity index (χ1v) is 4.80. The summed E-state index contributed by atoms with van der Waals surface area (Å²) in [5.41, 5.74) is 0.0955. The average Bonchev–Trinajstić information content (AvgIpc) is 2.01. The summed E-state index contributed by atoms with van der Waals surface area (Å²) in [6, 6.07) is 0.285. The highest BCUT2D eigenvalue weighted by atomic mass is 16.5. The van der Waals surface area contributed by atoms with Crippen LogP contribution in [0.25, 0.3) is 0 Å². The zero-order valence-corrected chi connectivity index (χ0v) is 9.05. The molecule has 1 heterocycles. The number of rotatable bonds is 0. The van der Waals surface area contributed by atoms with Crippen LogP contribution in [0, 0.1) is 17.3 Å². The van der Waals surface area contributed by atoms with Crippen LogP contribution in [0.4, 0.5) is 0 Å². The number of nitrogens with zero attached hydrogens (tertiary/aromatic N) is 1. The van der Waals surface area contributed by atoms with E-state index in [1.807, 2.05) is 0 Å². The molecule has 0 radical (unpaired) electrons. The van der Waals surface area contributed by atoms with Crippen LogP contribution in [0.15, 0.2) is 0 Å². The van der Waals surface area contributed by atoms with Crippen molar-refractivity contribution in [3.8, 4) is 11.8 Å². The topological polar surface area (TPSA) is 12.5 Å². The van der Waals surface area contributed by atoms with Gasteiger partial charge in [0.2, 0.25) is 0 Å². The van der Waals surface area contributed by atoms with Crippen molar-refractivity contribution >= 4 is 0 Å². The lowest BCUT2D eigenvalue weighted by molar-refractivity contribution is 0.0266. The van der Waals surface area contributed by atoms with Gasteiger partial charge in [-0.3, -0.25) is 4.90 Å². The first-order chi connectivity index (χ1) is 5.99. The minimum atomic E-state index is 0.0955. The molecular formula is C11H19NO. The molecule has 0 spiro atoms. The Morgan fingerprint density at radius 2 is 2.08 bits per heavy atom. The van der Waals surface area contributed by atoms with E-state index in [1.54, 1.807) is 0 Å². The van der Waals surface area contributed by atoms with Crippen molar-refractivity contribution in [2.24, 2.45) is 5.41 Å². The monoisotopic (exact) mass is 181 g/mol. The van der Waals surface area contributed by atoms with Crippen LogP contribution in [-0.2, 0) is 4.74 Å². The van der Waals surface area contributed by atoms with Gasteiger partial charge in [-0.2, -0.15) is 0 Å². The molecule has 1 rings (SSSR count). The summed E-state index contributed by atoms with van der Waals surface area (Å²) >= 11 is 0. The Morgan fingerprint density at radius 1 is 1.38 bits per heavy atom. The van der Waals surface area contributed by atoms with E-state index in [4.69, 9.17) is 4.74 Å². The Kier molecular flexibility index (Phi) is 3.35. The van der Waals surface area contributed by atoms with E-state index in [1.165, 1.54) is 0 Å². The maximum absolute atomic E-state index is 5.37. The molecule has 0 aromatic rings. The van der Waals surface area contributed by atoms with E-state index in [0.717, 1.165) is 19.8 Å². The minimum absolute atomic E-state index is 0.0955. The fourth-order valence-corrected chi connectivity index (χ4v) is 1.14. The summed E-state index contributed by atoms with van der Waals surface area (Å²) in [6.07, 6.45) is 0. The molecule has 1 saturated heterocycles. The zero-order valence-electron chi connectivity index (χ0n) is 9.05. The van der Waals surface area contributed by atoms with Crippen molar-refractivity contribution in [1.82, 2.24) is 4.90 Å². The highest BCUT2D eigenvalue weighted by Gasteiger charge is 2.17. The first kappa shape index (κ1) is 10.6. The molecule has 0 saturated carbocycles. The molecule has 2 heteroatoms. The van der Waals surface area contributed by atoms with Gasteiger partial charge in [-0.25, -0.2) is 0 Å². The largest absolute Gasteiger partial charge is 0.377 e. The predicted molar refractivity (Wildman–Crippen MR) is 54.5 cm³/mol. The lowest BCUT2D eigenvalue weighted by Crippen LogP contribution is -2.41. The van der Waals surface area contributed by atoms with Crippen molar-refractivity contribution in [3.63, 3.8) is 0 Å². The van der Waals surface area contributed by atoms with Gasteiger partial charge in [0.15, 0.2) is 0 Å². The fourth-order valence-electron chi connectivity index (χ4n) is 1.14. The second kappa shape index (κ2) is 4.13. The van der Waals surface area contributed by atoms with Gasteiger partial charge in [0.1, 0.15) is 0 Å². The standard InChI is InChI=1S/C11H19NO/c1-11(2,3)6-5-10-9-13-8-7-12(10)4/h10H,7-9H2,1-4H3. The van der Waals surface area contributed by atoms with Crippen LogP contribution in [-0.4, -0.2) is 37.7 Å². The summed E-state index contributed by atoms with van der Waals surface area (Å²) in [7, 11) is 2.10. The number of hydrogen-bond acceptors (Lipinski definition) is 2. The van der Waals surface area contributed by atoms with Gasteiger partial charge < -0.3 is 4.74 Å². The average molecular weight is 181 g/mol. The first-order valence-electron chi connectivity index (χ1n) is 4.80. The van der Waals surface area contributed by atoms with Crippen molar-refractivity contribution < 1.29 is 4.74 Å². The second-order valence-electron chi connectivity index (χ2n) is 4.59. The van der Waals surface area contributed by atoms with Gasteiger partial charge in [0.05, 0.1) is 19.3 Å². The maximum Gasteiger partial charge on any atom is 0.0950 e. The van der Waals surface area contributed by atoms with Crippen LogP contribution in [0.1, 0.15) is 20.8 Å². The van der Waals surface area contributed by atoms with Crippen molar-refractivity contribution in [2.45, 2.75) is 26.8 Å². The maximum atomic E-state index is 5.37. The van der Waals surface area contributed by atoms with Crippen LogP contribution in [0.5, 0.6) is 0 Å². The molecule has 0 aromatic carbocycles. The molecule has 0 amide bonds. The molecular weight excluding hydrogens is 162 g/mol. The third-order valence-corrected chi connectivity index (χ3v) is 2.01. The molecule has 0 aromatic heterocycles. The van der Waals surface area contributed by atoms with Gasteiger partial charge in [0.25, 0.3) is 0 Å². The van der Waals surface area contributed by atoms with E-state index in [0.29, 0.717) is 0 Å². The Morgan fingerprint density at radius 3 is 2.62 bits per heavy atom. The summed E-state index contributed by atoms with van der Waals surface area (Å²) < 4.78 is 5.37. The van der Waals surface area contributed by atoms with Crippen LogP contribution in [0.3, 0.4) is 0 Å². The summed E-state index contributed by atoms with van der Waals surface area (Å²) in [6.45, 7) is 8.96. The second-order valence-corrected chi connectivity index (χ2v) is 4.59. The van der Waals surface area contributed by atoms with E-state index < -0.39 is 0 Å². The van der Waals surface area contributed by atoms with Crippen LogP contribution < -0.4 is 0 Å². The number of hydrogen-bond donors (Lipinski definition) is 0. The molecule has 1 aliphatic rings. The molecule has 1 unspecified atom stereocenters. The van der Waals surface area contributed by atoms with Gasteiger partial charge >= 0.3 is 0 Å². The molecule has 0 N–H and O–H groups in total. The Labute approximate surface area is 81.3 Å². The smallest absolute Gasteiger partial charge is 0.0950 e.